The van der Waals surface area contributed by atoms with Crippen molar-refractivity contribution >= 4 is 22.3 Å². The average Bonchev–Trinajstić information content (AvgIpc) is 2.62. The second kappa shape index (κ2) is 3.09. The second-order valence-electron chi connectivity index (χ2n) is 2.21. The minimum absolute atomic E-state index is 0.346. The first kappa shape index (κ1) is 8.11. The van der Waals surface area contributed by atoms with Gasteiger partial charge in [0.1, 0.15) is 0 Å². The topological polar surface area (TPSA) is 69.4 Å². The Balaban J connectivity index is 2.42. The van der Waals surface area contributed by atoms with Gasteiger partial charge >= 0.3 is 5.97 Å². The van der Waals surface area contributed by atoms with Crippen molar-refractivity contribution in [3.05, 3.63) is 11.1 Å². The van der Waals surface area contributed by atoms with E-state index >= 15 is 0 Å². The number of fused-ring (bicyclic) bond motifs is 1. The van der Waals surface area contributed by atoms with Crippen molar-refractivity contribution in [3.63, 3.8) is 0 Å². The molecule has 0 aromatic carbocycles. The summed E-state index contributed by atoms with van der Waals surface area (Å²) >= 11 is 1.30. The Labute approximate surface area is 77.1 Å². The lowest BCUT2D eigenvalue weighted by molar-refractivity contribution is 0.0517. The van der Waals surface area contributed by atoms with Crippen molar-refractivity contribution in [3.8, 4) is 0 Å². The maximum Gasteiger partial charge on any atom is 0.358 e. The Morgan fingerprint density at radius 2 is 2.62 bits per heavy atom. The minimum atomic E-state index is -0.402. The van der Waals surface area contributed by atoms with E-state index < -0.39 is 5.97 Å². The van der Waals surface area contributed by atoms with Crippen LogP contribution in [0.4, 0.5) is 0 Å². The van der Waals surface area contributed by atoms with Gasteiger partial charge < -0.3 is 4.74 Å². The predicted octanol–water partition coefficient (Wildman–Crippen LogP) is 0.362. The number of ether oxygens (including phenoxy) is 1. The Hall–Kier alpha value is -1.50. The molecule has 0 radical (unpaired) electrons. The smallest absolute Gasteiger partial charge is 0.358 e. The normalized spacial score (nSPS) is 10.5. The van der Waals surface area contributed by atoms with Crippen molar-refractivity contribution in [2.75, 3.05) is 6.61 Å². The van der Waals surface area contributed by atoms with Crippen LogP contribution in [-0.4, -0.2) is 32.6 Å². The Morgan fingerprint density at radius 3 is 3.38 bits per heavy atom. The zero-order chi connectivity index (χ0) is 9.26. The standard InChI is InChI=1S/C6H6N4O2S/c1-2-12-5(11)4-3-13-6-7-8-9-10(4)6/h3H,2H2,1H3. The van der Waals surface area contributed by atoms with Crippen molar-refractivity contribution in [1.82, 2.24) is 20.0 Å². The van der Waals surface area contributed by atoms with Gasteiger partial charge in [0.15, 0.2) is 5.69 Å². The lowest BCUT2D eigenvalue weighted by Gasteiger charge is -1.97. The SMILES string of the molecule is CCOC(=O)c1csc2nnnn12. The lowest BCUT2D eigenvalue weighted by Crippen LogP contribution is -2.08. The summed E-state index contributed by atoms with van der Waals surface area (Å²) in [6.07, 6.45) is 0. The largest absolute Gasteiger partial charge is 0.461 e. The first-order chi connectivity index (χ1) is 6.33. The maximum atomic E-state index is 11.3. The summed E-state index contributed by atoms with van der Waals surface area (Å²) in [5.74, 6) is -0.402. The van der Waals surface area contributed by atoms with E-state index in [0.29, 0.717) is 17.3 Å². The van der Waals surface area contributed by atoms with Gasteiger partial charge in [-0.2, -0.15) is 4.52 Å². The molecular formula is C6H6N4O2S. The van der Waals surface area contributed by atoms with Crippen LogP contribution in [-0.2, 0) is 4.74 Å². The Kier molecular flexibility index (Phi) is 1.93. The molecule has 0 saturated carbocycles. The van der Waals surface area contributed by atoms with Crippen LogP contribution >= 0.6 is 11.3 Å². The van der Waals surface area contributed by atoms with Gasteiger partial charge in [-0.3, -0.25) is 0 Å². The third-order valence-corrected chi connectivity index (χ3v) is 2.24. The molecule has 2 rings (SSSR count). The third kappa shape index (κ3) is 1.26. The van der Waals surface area contributed by atoms with Gasteiger partial charge in [-0.1, -0.05) is 5.10 Å². The van der Waals surface area contributed by atoms with Crippen LogP contribution in [0.2, 0.25) is 0 Å². The molecule has 0 aliphatic heterocycles. The summed E-state index contributed by atoms with van der Waals surface area (Å²) < 4.78 is 6.18. The van der Waals surface area contributed by atoms with Gasteiger partial charge in [-0.05, 0) is 17.4 Å². The molecule has 0 fully saturated rings. The molecule has 0 atom stereocenters. The molecule has 13 heavy (non-hydrogen) atoms. The molecule has 2 aromatic rings. The van der Waals surface area contributed by atoms with Gasteiger partial charge in [0, 0.05) is 5.38 Å². The second-order valence-corrected chi connectivity index (χ2v) is 3.05. The highest BCUT2D eigenvalue weighted by atomic mass is 32.1. The van der Waals surface area contributed by atoms with Gasteiger partial charge in [0.05, 0.1) is 6.61 Å². The number of thiazole rings is 1. The number of hydrogen-bond acceptors (Lipinski definition) is 6. The maximum absolute atomic E-state index is 11.3. The molecule has 0 unspecified atom stereocenters. The first-order valence-electron chi connectivity index (χ1n) is 3.65. The van der Waals surface area contributed by atoms with E-state index in [1.165, 1.54) is 15.9 Å². The number of aromatic nitrogens is 4. The third-order valence-electron chi connectivity index (χ3n) is 1.43. The number of hydrogen-bond donors (Lipinski definition) is 0. The number of nitrogens with zero attached hydrogens (tertiary/aromatic N) is 4. The summed E-state index contributed by atoms with van der Waals surface area (Å²) in [5, 5.41) is 12.4. The summed E-state index contributed by atoms with van der Waals surface area (Å²) in [6, 6.07) is 0. The lowest BCUT2D eigenvalue weighted by atomic mass is 10.5. The first-order valence-corrected chi connectivity index (χ1v) is 4.53. The van der Waals surface area contributed by atoms with E-state index in [-0.39, 0.29) is 0 Å². The molecule has 0 saturated heterocycles. The van der Waals surface area contributed by atoms with Crippen LogP contribution < -0.4 is 0 Å². The molecule has 2 heterocycles. The van der Waals surface area contributed by atoms with E-state index in [4.69, 9.17) is 4.74 Å². The molecule has 0 N–H and O–H groups in total. The van der Waals surface area contributed by atoms with Crippen molar-refractivity contribution in [2.45, 2.75) is 6.92 Å². The molecule has 0 aliphatic carbocycles. The van der Waals surface area contributed by atoms with E-state index in [1.54, 1.807) is 12.3 Å². The van der Waals surface area contributed by atoms with Crippen LogP contribution in [0, 0.1) is 0 Å². The fourth-order valence-corrected chi connectivity index (χ4v) is 1.63. The number of esters is 1. The summed E-state index contributed by atoms with van der Waals surface area (Å²) in [7, 11) is 0. The Bertz CT molecular complexity index is 434. The van der Waals surface area contributed by atoms with Gasteiger partial charge in [0.2, 0.25) is 4.96 Å². The van der Waals surface area contributed by atoms with Crippen molar-refractivity contribution in [2.24, 2.45) is 0 Å². The summed E-state index contributed by atoms with van der Waals surface area (Å²) in [4.78, 5) is 11.9. The number of tetrazole rings is 1. The van der Waals surface area contributed by atoms with Crippen LogP contribution in [0.25, 0.3) is 4.96 Å². The Morgan fingerprint density at radius 1 is 1.77 bits per heavy atom. The average molecular weight is 198 g/mol. The van der Waals surface area contributed by atoms with E-state index in [0.717, 1.165) is 0 Å². The van der Waals surface area contributed by atoms with Crippen molar-refractivity contribution in [1.29, 1.82) is 0 Å². The molecule has 0 spiro atoms. The van der Waals surface area contributed by atoms with Crippen LogP contribution in [0.3, 0.4) is 0 Å². The molecule has 6 nitrogen and oxygen atoms in total. The fraction of sp³-hybridized carbons (Fsp3) is 0.333. The van der Waals surface area contributed by atoms with Crippen LogP contribution in [0.1, 0.15) is 17.4 Å². The quantitative estimate of drug-likeness (QED) is 0.652. The van der Waals surface area contributed by atoms with Gasteiger partial charge in [0.25, 0.3) is 0 Å². The molecule has 68 valence electrons. The fourth-order valence-electron chi connectivity index (χ4n) is 0.902. The van der Waals surface area contributed by atoms with E-state index in [2.05, 4.69) is 15.5 Å². The molecule has 7 heteroatoms. The van der Waals surface area contributed by atoms with Gasteiger partial charge in [-0.25, -0.2) is 4.79 Å². The minimum Gasteiger partial charge on any atom is -0.461 e. The zero-order valence-electron chi connectivity index (χ0n) is 6.80. The van der Waals surface area contributed by atoms with Gasteiger partial charge in [-0.15, -0.1) is 11.3 Å². The van der Waals surface area contributed by atoms with Crippen LogP contribution in [0.15, 0.2) is 5.38 Å². The highest BCUT2D eigenvalue weighted by Gasteiger charge is 2.14. The molecule has 2 aromatic heterocycles. The summed E-state index contributed by atoms with van der Waals surface area (Å²) in [6.45, 7) is 2.10. The molecule has 0 bridgehead atoms. The summed E-state index contributed by atoms with van der Waals surface area (Å²) in [5.41, 5.74) is 0.367. The van der Waals surface area contributed by atoms with E-state index in [9.17, 15) is 4.79 Å². The zero-order valence-corrected chi connectivity index (χ0v) is 7.61. The molecular weight excluding hydrogens is 192 g/mol. The monoisotopic (exact) mass is 198 g/mol. The van der Waals surface area contributed by atoms with Crippen molar-refractivity contribution < 1.29 is 9.53 Å². The number of rotatable bonds is 2. The molecule has 0 amide bonds. The number of carbonyl (C=O) groups excluding carboxylic acids is 1. The number of carbonyl (C=O) groups is 1. The predicted molar refractivity (Wildman–Crippen MR) is 44.6 cm³/mol. The van der Waals surface area contributed by atoms with E-state index in [1.807, 2.05) is 0 Å². The molecule has 0 aliphatic rings. The van der Waals surface area contributed by atoms with Crippen LogP contribution in [0.5, 0.6) is 0 Å². The highest BCUT2D eigenvalue weighted by molar-refractivity contribution is 7.15. The highest BCUT2D eigenvalue weighted by Crippen LogP contribution is 2.12.